The summed E-state index contributed by atoms with van der Waals surface area (Å²) in [6.07, 6.45) is 4.30. The fourth-order valence-corrected chi connectivity index (χ4v) is 2.50. The summed E-state index contributed by atoms with van der Waals surface area (Å²) in [5.74, 6) is -1.32. The number of aliphatic carboxylic acids is 1. The van der Waals surface area contributed by atoms with Gasteiger partial charge in [0.15, 0.2) is 0 Å². The zero-order valence-electron chi connectivity index (χ0n) is 11.0. The van der Waals surface area contributed by atoms with E-state index in [0.29, 0.717) is 32.2 Å². The number of amides is 1. The minimum absolute atomic E-state index is 0.0281. The van der Waals surface area contributed by atoms with Crippen LogP contribution in [-0.4, -0.2) is 33.3 Å². The average Bonchev–Trinajstić information content (AvgIpc) is 2.98. The summed E-state index contributed by atoms with van der Waals surface area (Å²) >= 11 is 0. The van der Waals surface area contributed by atoms with Crippen LogP contribution in [0.5, 0.6) is 0 Å². The Morgan fingerprint density at radius 1 is 1.47 bits per heavy atom. The van der Waals surface area contributed by atoms with Crippen molar-refractivity contribution in [2.45, 2.75) is 25.7 Å². The van der Waals surface area contributed by atoms with Crippen molar-refractivity contribution in [1.82, 2.24) is 15.1 Å². The summed E-state index contributed by atoms with van der Waals surface area (Å²) in [6.45, 7) is 0.546. The first-order valence-corrected chi connectivity index (χ1v) is 6.55. The molecular formula is C13H19N3O3. The van der Waals surface area contributed by atoms with Crippen LogP contribution < -0.4 is 5.32 Å². The van der Waals surface area contributed by atoms with Crippen LogP contribution in [0.4, 0.5) is 0 Å². The molecule has 0 aliphatic heterocycles. The lowest BCUT2D eigenvalue weighted by molar-refractivity contribution is -0.141. The van der Waals surface area contributed by atoms with Crippen LogP contribution in [0, 0.1) is 11.8 Å². The highest BCUT2D eigenvalue weighted by Gasteiger charge is 2.33. The molecule has 104 valence electrons. The Hall–Kier alpha value is -1.85. The van der Waals surface area contributed by atoms with E-state index in [9.17, 15) is 9.59 Å². The standard InChI is InChI=1S/C13H19N3O3/c1-16-7-5-11(15-16)4-6-14-12(17)9-2-3-10(8-9)13(18)19/h5,7,9-10H,2-4,6,8H2,1H3,(H,14,17)(H,18,19)/t9-,10+/m1/s1. The Morgan fingerprint density at radius 3 is 2.79 bits per heavy atom. The van der Waals surface area contributed by atoms with Crippen LogP contribution in [0.2, 0.25) is 0 Å². The average molecular weight is 265 g/mol. The van der Waals surface area contributed by atoms with Crippen LogP contribution in [-0.2, 0) is 23.1 Å². The second-order valence-corrected chi connectivity index (χ2v) is 5.07. The lowest BCUT2D eigenvalue weighted by Crippen LogP contribution is -2.31. The molecule has 0 spiro atoms. The maximum Gasteiger partial charge on any atom is 0.306 e. The molecule has 1 fully saturated rings. The normalized spacial score (nSPS) is 22.4. The van der Waals surface area contributed by atoms with Gasteiger partial charge in [-0.25, -0.2) is 0 Å². The highest BCUT2D eigenvalue weighted by Crippen LogP contribution is 2.30. The summed E-state index contributed by atoms with van der Waals surface area (Å²) in [4.78, 5) is 22.7. The summed E-state index contributed by atoms with van der Waals surface area (Å²) in [6, 6.07) is 1.92. The van der Waals surface area contributed by atoms with Crippen LogP contribution in [0.1, 0.15) is 25.0 Å². The lowest BCUT2D eigenvalue weighted by Gasteiger charge is -2.10. The molecule has 0 bridgehead atoms. The molecule has 0 aromatic carbocycles. The quantitative estimate of drug-likeness (QED) is 0.815. The van der Waals surface area contributed by atoms with Crippen molar-refractivity contribution in [2.75, 3.05) is 6.54 Å². The van der Waals surface area contributed by atoms with Gasteiger partial charge < -0.3 is 10.4 Å². The molecule has 1 aromatic rings. The molecule has 1 heterocycles. The summed E-state index contributed by atoms with van der Waals surface area (Å²) < 4.78 is 1.73. The number of nitrogens with zero attached hydrogens (tertiary/aromatic N) is 2. The number of hydrogen-bond acceptors (Lipinski definition) is 3. The molecule has 1 aliphatic carbocycles. The van der Waals surface area contributed by atoms with Crippen LogP contribution in [0.3, 0.4) is 0 Å². The molecule has 1 saturated carbocycles. The number of aromatic nitrogens is 2. The predicted molar refractivity (Wildman–Crippen MR) is 68.4 cm³/mol. The van der Waals surface area contributed by atoms with Crippen molar-refractivity contribution in [1.29, 1.82) is 0 Å². The predicted octanol–water partition coefficient (Wildman–Crippen LogP) is 0.580. The molecule has 1 aromatic heterocycles. The van der Waals surface area contributed by atoms with Gasteiger partial charge >= 0.3 is 5.97 Å². The zero-order valence-corrected chi connectivity index (χ0v) is 11.0. The maximum absolute atomic E-state index is 11.9. The van der Waals surface area contributed by atoms with E-state index in [1.165, 1.54) is 0 Å². The van der Waals surface area contributed by atoms with Gasteiger partial charge in [-0.3, -0.25) is 14.3 Å². The molecule has 2 N–H and O–H groups in total. The molecule has 1 amide bonds. The highest BCUT2D eigenvalue weighted by atomic mass is 16.4. The van der Waals surface area contributed by atoms with Gasteiger partial charge in [0.05, 0.1) is 11.6 Å². The van der Waals surface area contributed by atoms with E-state index in [1.807, 2.05) is 19.3 Å². The summed E-state index contributed by atoms with van der Waals surface area (Å²) in [7, 11) is 1.85. The van der Waals surface area contributed by atoms with E-state index >= 15 is 0 Å². The highest BCUT2D eigenvalue weighted by molar-refractivity contribution is 5.80. The molecular weight excluding hydrogens is 246 g/mol. The van der Waals surface area contributed by atoms with Crippen LogP contribution in [0.25, 0.3) is 0 Å². The number of carbonyl (C=O) groups excluding carboxylic acids is 1. The van der Waals surface area contributed by atoms with Crippen molar-refractivity contribution in [3.63, 3.8) is 0 Å². The smallest absolute Gasteiger partial charge is 0.306 e. The number of rotatable bonds is 5. The molecule has 0 radical (unpaired) electrons. The van der Waals surface area contributed by atoms with Gasteiger partial charge in [0.1, 0.15) is 0 Å². The lowest BCUT2D eigenvalue weighted by atomic mass is 10.0. The largest absolute Gasteiger partial charge is 0.481 e. The Balaban J connectivity index is 1.72. The summed E-state index contributed by atoms with van der Waals surface area (Å²) in [5, 5.41) is 16.0. The van der Waals surface area contributed by atoms with Gasteiger partial charge in [-0.2, -0.15) is 5.10 Å². The molecule has 1 aliphatic rings. The SMILES string of the molecule is Cn1ccc(CCNC(=O)[C@@H]2CC[C@H](C(=O)O)C2)n1. The second-order valence-electron chi connectivity index (χ2n) is 5.07. The van der Waals surface area contributed by atoms with Gasteiger partial charge in [0.25, 0.3) is 0 Å². The number of aryl methyl sites for hydroxylation is 1. The molecule has 6 heteroatoms. The Kier molecular flexibility index (Phi) is 4.19. The van der Waals surface area contributed by atoms with Crippen LogP contribution >= 0.6 is 0 Å². The van der Waals surface area contributed by atoms with Gasteiger partial charge in [0, 0.05) is 32.1 Å². The summed E-state index contributed by atoms with van der Waals surface area (Å²) in [5.41, 5.74) is 0.942. The van der Waals surface area contributed by atoms with E-state index in [-0.39, 0.29) is 17.7 Å². The Bertz CT molecular complexity index is 469. The Labute approximate surface area is 111 Å². The molecule has 2 rings (SSSR count). The van der Waals surface area contributed by atoms with Gasteiger partial charge in [-0.1, -0.05) is 0 Å². The fraction of sp³-hybridized carbons (Fsp3) is 0.615. The van der Waals surface area contributed by atoms with Gasteiger partial charge in [-0.05, 0) is 25.3 Å². The van der Waals surface area contributed by atoms with E-state index in [2.05, 4.69) is 10.4 Å². The third-order valence-electron chi connectivity index (χ3n) is 3.60. The number of nitrogens with one attached hydrogen (secondary N) is 1. The maximum atomic E-state index is 11.9. The van der Waals surface area contributed by atoms with Gasteiger partial charge in [0.2, 0.25) is 5.91 Å². The van der Waals surface area contributed by atoms with E-state index in [0.717, 1.165) is 5.69 Å². The molecule has 0 unspecified atom stereocenters. The number of carbonyl (C=O) groups is 2. The van der Waals surface area contributed by atoms with E-state index in [1.54, 1.807) is 4.68 Å². The first kappa shape index (κ1) is 13.6. The van der Waals surface area contributed by atoms with E-state index in [4.69, 9.17) is 5.11 Å². The first-order chi connectivity index (χ1) is 9.06. The van der Waals surface area contributed by atoms with Crippen LogP contribution in [0.15, 0.2) is 12.3 Å². The Morgan fingerprint density at radius 2 is 2.21 bits per heavy atom. The minimum atomic E-state index is -0.788. The number of hydrogen-bond donors (Lipinski definition) is 2. The van der Waals surface area contributed by atoms with Gasteiger partial charge in [-0.15, -0.1) is 0 Å². The molecule has 19 heavy (non-hydrogen) atoms. The number of carboxylic acid groups (broad SMARTS) is 1. The van der Waals surface area contributed by atoms with Crippen molar-refractivity contribution in [3.8, 4) is 0 Å². The molecule has 2 atom stereocenters. The van der Waals surface area contributed by atoms with Crippen molar-refractivity contribution in [3.05, 3.63) is 18.0 Å². The van der Waals surface area contributed by atoms with Crippen molar-refractivity contribution < 1.29 is 14.7 Å². The topological polar surface area (TPSA) is 84.2 Å². The zero-order chi connectivity index (χ0) is 13.8. The third-order valence-corrected chi connectivity index (χ3v) is 3.60. The van der Waals surface area contributed by atoms with E-state index < -0.39 is 5.97 Å². The minimum Gasteiger partial charge on any atom is -0.481 e. The van der Waals surface area contributed by atoms with Crippen molar-refractivity contribution >= 4 is 11.9 Å². The molecule has 0 saturated heterocycles. The second kappa shape index (κ2) is 5.86. The van der Waals surface area contributed by atoms with Crippen molar-refractivity contribution in [2.24, 2.45) is 18.9 Å². The fourth-order valence-electron chi connectivity index (χ4n) is 2.50. The number of carboxylic acids is 1. The molecule has 6 nitrogen and oxygen atoms in total. The monoisotopic (exact) mass is 265 g/mol. The first-order valence-electron chi connectivity index (χ1n) is 6.55. The third kappa shape index (κ3) is 3.56.